The average molecular weight is 877 g/mol. The molecule has 0 aliphatic heterocycles. The molecule has 62 heavy (non-hydrogen) atoms. The first-order chi connectivity index (χ1) is 30.5. The lowest BCUT2D eigenvalue weighted by Crippen LogP contribution is -2.30. The first-order valence-electron chi connectivity index (χ1n) is 28.0. The number of hydrogen-bond donors (Lipinski definition) is 0. The molecule has 0 aliphatic rings. The summed E-state index contributed by atoms with van der Waals surface area (Å²) in [6, 6.07) is 0. The van der Waals surface area contributed by atoms with Crippen LogP contribution >= 0.6 is 0 Å². The van der Waals surface area contributed by atoms with Gasteiger partial charge in [-0.15, -0.1) is 0 Å². The molecule has 0 aromatic carbocycles. The summed E-state index contributed by atoms with van der Waals surface area (Å²) >= 11 is 0. The number of ether oxygens (including phenoxy) is 3. The Kier molecular flexibility index (Phi) is 50.7. The minimum Gasteiger partial charge on any atom is -0.462 e. The Hall–Kier alpha value is -1.59. The maximum atomic E-state index is 12.8. The molecule has 0 heterocycles. The second-order valence-electron chi connectivity index (χ2n) is 19.2. The maximum absolute atomic E-state index is 12.8. The summed E-state index contributed by atoms with van der Waals surface area (Å²) in [6.45, 7) is 6.68. The van der Waals surface area contributed by atoms with Gasteiger partial charge in [0.2, 0.25) is 0 Å². The average Bonchev–Trinajstić information content (AvgIpc) is 3.27. The van der Waals surface area contributed by atoms with E-state index in [0.717, 1.165) is 57.8 Å². The zero-order chi connectivity index (χ0) is 45.1. The van der Waals surface area contributed by atoms with Crippen LogP contribution in [0.4, 0.5) is 0 Å². The summed E-state index contributed by atoms with van der Waals surface area (Å²) in [6.07, 6.45) is 56.7. The summed E-state index contributed by atoms with van der Waals surface area (Å²) in [4.78, 5) is 38.0. The second kappa shape index (κ2) is 52.0. The van der Waals surface area contributed by atoms with Gasteiger partial charge in [-0.3, -0.25) is 14.4 Å². The predicted octanol–water partition coefficient (Wildman–Crippen LogP) is 18.4. The molecule has 1 atom stereocenters. The highest BCUT2D eigenvalue weighted by Crippen LogP contribution is 2.17. The number of unbranched alkanes of at least 4 members (excludes halogenated alkanes) is 41. The molecule has 0 unspecified atom stereocenters. The van der Waals surface area contributed by atoms with E-state index in [1.807, 2.05) is 0 Å². The Morgan fingerprint density at radius 2 is 0.435 bits per heavy atom. The topological polar surface area (TPSA) is 78.9 Å². The molecule has 0 saturated carbocycles. The third kappa shape index (κ3) is 49.4. The molecule has 0 radical (unpaired) electrons. The Balaban J connectivity index is 4.21. The van der Waals surface area contributed by atoms with Crippen molar-refractivity contribution in [1.29, 1.82) is 0 Å². The highest BCUT2D eigenvalue weighted by Gasteiger charge is 2.19. The van der Waals surface area contributed by atoms with Crippen LogP contribution in [0.25, 0.3) is 0 Å². The third-order valence-corrected chi connectivity index (χ3v) is 12.9. The van der Waals surface area contributed by atoms with Gasteiger partial charge in [0, 0.05) is 19.3 Å². The van der Waals surface area contributed by atoms with Crippen LogP contribution in [0.5, 0.6) is 0 Å². The van der Waals surface area contributed by atoms with E-state index >= 15 is 0 Å². The summed E-state index contributed by atoms with van der Waals surface area (Å²) in [5, 5.41) is 0. The standard InChI is InChI=1S/C56H108O6/c1-4-7-10-13-16-19-21-23-25-27-29-31-33-35-38-41-44-47-50-56(59)62-53(51-60-54(57)48-45-42-39-36-18-15-12-9-6-3)52-61-55(58)49-46-43-40-37-34-32-30-28-26-24-22-20-17-14-11-8-5-2/h53H,4-52H2,1-3H3/t53-/m1/s1. The lowest BCUT2D eigenvalue weighted by atomic mass is 10.0. The van der Waals surface area contributed by atoms with E-state index in [0.29, 0.717) is 19.3 Å². The molecule has 0 spiro atoms. The van der Waals surface area contributed by atoms with Crippen molar-refractivity contribution in [3.05, 3.63) is 0 Å². The molecule has 0 fully saturated rings. The van der Waals surface area contributed by atoms with Gasteiger partial charge in [-0.2, -0.15) is 0 Å². The van der Waals surface area contributed by atoms with Crippen LogP contribution in [0.2, 0.25) is 0 Å². The highest BCUT2D eigenvalue weighted by atomic mass is 16.6. The van der Waals surface area contributed by atoms with E-state index in [4.69, 9.17) is 14.2 Å². The quantitative estimate of drug-likeness (QED) is 0.0344. The van der Waals surface area contributed by atoms with Crippen LogP contribution in [0, 0.1) is 0 Å². The van der Waals surface area contributed by atoms with Crippen molar-refractivity contribution in [1.82, 2.24) is 0 Å². The van der Waals surface area contributed by atoms with E-state index in [1.165, 1.54) is 225 Å². The molecule has 0 bridgehead atoms. The number of hydrogen-bond acceptors (Lipinski definition) is 6. The molecule has 0 rings (SSSR count). The van der Waals surface area contributed by atoms with Gasteiger partial charge in [-0.05, 0) is 19.3 Å². The molecule has 0 amide bonds. The van der Waals surface area contributed by atoms with Crippen molar-refractivity contribution in [3.63, 3.8) is 0 Å². The van der Waals surface area contributed by atoms with Crippen LogP contribution in [0.15, 0.2) is 0 Å². The maximum Gasteiger partial charge on any atom is 0.306 e. The molecule has 0 aromatic heterocycles. The van der Waals surface area contributed by atoms with Gasteiger partial charge < -0.3 is 14.2 Å². The van der Waals surface area contributed by atoms with Crippen LogP contribution in [0.1, 0.15) is 323 Å². The minimum atomic E-state index is -0.760. The first-order valence-corrected chi connectivity index (χ1v) is 28.0. The Bertz CT molecular complexity index is 920. The molecular weight excluding hydrogens is 769 g/mol. The van der Waals surface area contributed by atoms with E-state index in [-0.39, 0.29) is 31.1 Å². The SMILES string of the molecule is CCCCCCCCCCCCCCCCCCCCC(=O)O[C@H](COC(=O)CCCCCCCCCCC)COC(=O)CCCCCCCCCCCCCCCCCCC. The zero-order valence-corrected chi connectivity index (χ0v) is 42.2. The largest absolute Gasteiger partial charge is 0.462 e. The Morgan fingerprint density at radius 1 is 0.258 bits per heavy atom. The summed E-state index contributed by atoms with van der Waals surface area (Å²) < 4.78 is 16.8. The summed E-state index contributed by atoms with van der Waals surface area (Å²) in [7, 11) is 0. The lowest BCUT2D eigenvalue weighted by molar-refractivity contribution is -0.167. The van der Waals surface area contributed by atoms with E-state index < -0.39 is 6.10 Å². The van der Waals surface area contributed by atoms with Gasteiger partial charge in [0.1, 0.15) is 13.2 Å². The van der Waals surface area contributed by atoms with E-state index in [2.05, 4.69) is 20.8 Å². The van der Waals surface area contributed by atoms with Crippen LogP contribution in [-0.2, 0) is 28.6 Å². The molecule has 6 heteroatoms. The van der Waals surface area contributed by atoms with Crippen molar-refractivity contribution < 1.29 is 28.6 Å². The van der Waals surface area contributed by atoms with Crippen molar-refractivity contribution in [2.24, 2.45) is 0 Å². The number of carbonyl (C=O) groups is 3. The molecule has 368 valence electrons. The lowest BCUT2D eigenvalue weighted by Gasteiger charge is -2.18. The van der Waals surface area contributed by atoms with Crippen LogP contribution in [0.3, 0.4) is 0 Å². The fraction of sp³-hybridized carbons (Fsp3) is 0.946. The van der Waals surface area contributed by atoms with Crippen LogP contribution in [-0.4, -0.2) is 37.2 Å². The summed E-state index contributed by atoms with van der Waals surface area (Å²) in [5.74, 6) is -0.838. The van der Waals surface area contributed by atoms with Gasteiger partial charge in [-0.25, -0.2) is 0 Å². The predicted molar refractivity (Wildman–Crippen MR) is 266 cm³/mol. The minimum absolute atomic E-state index is 0.0615. The van der Waals surface area contributed by atoms with E-state index in [9.17, 15) is 14.4 Å². The normalized spacial score (nSPS) is 11.9. The zero-order valence-electron chi connectivity index (χ0n) is 42.2. The van der Waals surface area contributed by atoms with E-state index in [1.54, 1.807) is 0 Å². The van der Waals surface area contributed by atoms with Crippen LogP contribution < -0.4 is 0 Å². The Morgan fingerprint density at radius 3 is 0.645 bits per heavy atom. The molecular formula is C56H108O6. The fourth-order valence-corrected chi connectivity index (χ4v) is 8.62. The molecule has 0 aromatic rings. The van der Waals surface area contributed by atoms with Gasteiger partial charge >= 0.3 is 17.9 Å². The number of rotatable bonds is 52. The fourth-order valence-electron chi connectivity index (χ4n) is 8.62. The van der Waals surface area contributed by atoms with Gasteiger partial charge in [-0.1, -0.05) is 284 Å². The van der Waals surface area contributed by atoms with Gasteiger partial charge in [0.25, 0.3) is 0 Å². The third-order valence-electron chi connectivity index (χ3n) is 12.9. The molecule has 0 aliphatic carbocycles. The van der Waals surface area contributed by atoms with Crippen molar-refractivity contribution >= 4 is 17.9 Å². The van der Waals surface area contributed by atoms with Crippen molar-refractivity contribution in [2.45, 2.75) is 329 Å². The Labute approximate surface area is 387 Å². The molecule has 0 N–H and O–H groups in total. The monoisotopic (exact) mass is 877 g/mol. The number of esters is 3. The first kappa shape index (κ1) is 60.4. The summed E-state index contributed by atoms with van der Waals surface area (Å²) in [5.41, 5.74) is 0. The molecule has 0 saturated heterocycles. The van der Waals surface area contributed by atoms with Crippen molar-refractivity contribution in [3.8, 4) is 0 Å². The van der Waals surface area contributed by atoms with Gasteiger partial charge in [0.05, 0.1) is 0 Å². The smallest absolute Gasteiger partial charge is 0.306 e. The van der Waals surface area contributed by atoms with Gasteiger partial charge in [0.15, 0.2) is 6.10 Å². The molecule has 6 nitrogen and oxygen atoms in total. The van der Waals surface area contributed by atoms with Crippen molar-refractivity contribution in [2.75, 3.05) is 13.2 Å². The second-order valence-corrected chi connectivity index (χ2v) is 19.2. The highest BCUT2D eigenvalue weighted by molar-refractivity contribution is 5.71. The number of carbonyl (C=O) groups excluding carboxylic acids is 3.